The van der Waals surface area contributed by atoms with E-state index in [0.717, 1.165) is 12.5 Å². The molecule has 7 nitrogen and oxygen atoms in total. The van der Waals surface area contributed by atoms with Gasteiger partial charge < -0.3 is 15.5 Å². The van der Waals surface area contributed by atoms with E-state index in [1.807, 2.05) is 6.92 Å². The number of carbonyl (C=O) groups excluding carboxylic acids is 1. The number of aromatic hydroxyl groups is 2. The summed E-state index contributed by atoms with van der Waals surface area (Å²) in [5.41, 5.74) is 0.0985. The zero-order valence-corrected chi connectivity index (χ0v) is 12.6. The molecule has 1 aromatic carbocycles. The van der Waals surface area contributed by atoms with Crippen molar-refractivity contribution in [2.24, 2.45) is 0 Å². The number of phenols is 2. The van der Waals surface area contributed by atoms with E-state index in [1.165, 1.54) is 12.1 Å². The maximum absolute atomic E-state index is 11.7. The molecule has 0 heterocycles. The molecule has 118 valence electrons. The Morgan fingerprint density at radius 3 is 2.33 bits per heavy atom. The van der Waals surface area contributed by atoms with E-state index in [2.05, 4.69) is 10.0 Å². The van der Waals surface area contributed by atoms with E-state index in [0.29, 0.717) is 6.42 Å². The molecule has 4 N–H and O–H groups in total. The number of benzene rings is 1. The quantitative estimate of drug-likeness (QED) is 0.523. The number of sulfonamides is 1. The van der Waals surface area contributed by atoms with Crippen LogP contribution in [-0.4, -0.2) is 43.4 Å². The van der Waals surface area contributed by atoms with Gasteiger partial charge in [-0.15, -0.1) is 0 Å². The summed E-state index contributed by atoms with van der Waals surface area (Å²) in [5.74, 6) is -0.882. The second kappa shape index (κ2) is 7.84. The van der Waals surface area contributed by atoms with Gasteiger partial charge in [0.05, 0.1) is 5.75 Å². The Balaban J connectivity index is 2.40. The van der Waals surface area contributed by atoms with Gasteiger partial charge in [0.2, 0.25) is 10.0 Å². The monoisotopic (exact) mass is 316 g/mol. The van der Waals surface area contributed by atoms with Crippen molar-refractivity contribution in [2.75, 3.05) is 18.8 Å². The molecule has 0 saturated heterocycles. The Hall–Kier alpha value is -1.80. The van der Waals surface area contributed by atoms with E-state index in [9.17, 15) is 23.4 Å². The van der Waals surface area contributed by atoms with E-state index in [-0.39, 0.29) is 35.9 Å². The molecule has 0 aliphatic carbocycles. The number of nitrogens with one attached hydrogen (secondary N) is 2. The van der Waals surface area contributed by atoms with Crippen molar-refractivity contribution >= 4 is 15.9 Å². The van der Waals surface area contributed by atoms with Crippen LogP contribution in [0.25, 0.3) is 0 Å². The molecule has 0 radical (unpaired) electrons. The zero-order valence-electron chi connectivity index (χ0n) is 11.8. The van der Waals surface area contributed by atoms with E-state index in [1.54, 1.807) is 0 Å². The largest absolute Gasteiger partial charge is 0.508 e. The van der Waals surface area contributed by atoms with Gasteiger partial charge in [-0.2, -0.15) is 0 Å². The van der Waals surface area contributed by atoms with Crippen molar-refractivity contribution < 1.29 is 23.4 Å². The lowest BCUT2D eigenvalue weighted by Gasteiger charge is -2.08. The van der Waals surface area contributed by atoms with Gasteiger partial charge in [-0.05, 0) is 18.6 Å². The lowest BCUT2D eigenvalue weighted by molar-refractivity contribution is 0.0953. The van der Waals surface area contributed by atoms with E-state index < -0.39 is 15.9 Å². The Kier molecular flexibility index (Phi) is 6.44. The van der Waals surface area contributed by atoms with Crippen molar-refractivity contribution in [2.45, 2.75) is 19.8 Å². The van der Waals surface area contributed by atoms with Gasteiger partial charge in [0.15, 0.2) is 0 Å². The highest BCUT2D eigenvalue weighted by Gasteiger charge is 2.10. The average molecular weight is 316 g/mol. The molecule has 0 aromatic heterocycles. The van der Waals surface area contributed by atoms with Gasteiger partial charge >= 0.3 is 0 Å². The molecule has 21 heavy (non-hydrogen) atoms. The minimum Gasteiger partial charge on any atom is -0.508 e. The Bertz CT molecular complexity index is 566. The van der Waals surface area contributed by atoms with Crippen molar-refractivity contribution in [3.8, 4) is 11.5 Å². The summed E-state index contributed by atoms with van der Waals surface area (Å²) in [5, 5.41) is 21.0. The lowest BCUT2D eigenvalue weighted by atomic mass is 10.2. The summed E-state index contributed by atoms with van der Waals surface area (Å²) in [6, 6.07) is 3.53. The number of rotatable bonds is 8. The highest BCUT2D eigenvalue weighted by atomic mass is 32.2. The normalized spacial score (nSPS) is 11.3. The second-order valence-electron chi connectivity index (χ2n) is 4.56. The molecule has 0 bridgehead atoms. The van der Waals surface area contributed by atoms with Crippen LogP contribution in [0.5, 0.6) is 11.5 Å². The van der Waals surface area contributed by atoms with Gasteiger partial charge in [0.1, 0.15) is 11.5 Å². The van der Waals surface area contributed by atoms with Gasteiger partial charge in [-0.3, -0.25) is 4.79 Å². The van der Waals surface area contributed by atoms with Gasteiger partial charge in [0.25, 0.3) is 5.91 Å². The molecule has 0 fully saturated rings. The maximum Gasteiger partial charge on any atom is 0.251 e. The molecule has 1 aromatic rings. The topological polar surface area (TPSA) is 116 Å². The first-order valence-electron chi connectivity index (χ1n) is 6.62. The van der Waals surface area contributed by atoms with Crippen LogP contribution in [-0.2, 0) is 10.0 Å². The third-order valence-electron chi connectivity index (χ3n) is 2.66. The summed E-state index contributed by atoms with van der Waals surface area (Å²) in [7, 11) is -3.30. The number of amides is 1. The van der Waals surface area contributed by atoms with Crippen molar-refractivity contribution in [1.29, 1.82) is 0 Å². The van der Waals surface area contributed by atoms with E-state index in [4.69, 9.17) is 0 Å². The highest BCUT2D eigenvalue weighted by Crippen LogP contribution is 2.20. The average Bonchev–Trinajstić information content (AvgIpc) is 2.40. The summed E-state index contributed by atoms with van der Waals surface area (Å²) >= 11 is 0. The number of carbonyl (C=O) groups is 1. The second-order valence-corrected chi connectivity index (χ2v) is 6.49. The first kappa shape index (κ1) is 17.3. The van der Waals surface area contributed by atoms with Crippen LogP contribution in [0, 0.1) is 0 Å². The molecule has 0 saturated carbocycles. The fraction of sp³-hybridized carbons (Fsp3) is 0.462. The first-order chi connectivity index (χ1) is 9.84. The van der Waals surface area contributed by atoms with Crippen molar-refractivity contribution in [3.63, 3.8) is 0 Å². The minimum atomic E-state index is -3.30. The van der Waals surface area contributed by atoms with Crippen molar-refractivity contribution in [1.82, 2.24) is 10.0 Å². The number of phenolic OH excluding ortho intramolecular Hbond substituents is 2. The maximum atomic E-state index is 11.7. The molecule has 0 unspecified atom stereocenters. The Labute approximate surface area is 124 Å². The van der Waals surface area contributed by atoms with Gasteiger partial charge in [-0.1, -0.05) is 13.3 Å². The Morgan fingerprint density at radius 1 is 1.14 bits per heavy atom. The molecule has 0 atom stereocenters. The van der Waals surface area contributed by atoms with Gasteiger partial charge in [-0.25, -0.2) is 13.1 Å². The lowest BCUT2D eigenvalue weighted by Crippen LogP contribution is -2.35. The fourth-order valence-corrected chi connectivity index (χ4v) is 2.84. The smallest absolute Gasteiger partial charge is 0.251 e. The van der Waals surface area contributed by atoms with Crippen LogP contribution in [0.2, 0.25) is 0 Å². The number of unbranched alkanes of at least 4 members (excludes halogenated alkanes) is 1. The summed E-state index contributed by atoms with van der Waals surface area (Å²) < 4.78 is 25.4. The first-order valence-corrected chi connectivity index (χ1v) is 8.28. The fourth-order valence-electron chi connectivity index (χ4n) is 1.62. The van der Waals surface area contributed by atoms with Crippen LogP contribution in [0.15, 0.2) is 18.2 Å². The number of hydrogen-bond donors (Lipinski definition) is 4. The molecule has 1 rings (SSSR count). The van der Waals surface area contributed by atoms with Crippen LogP contribution < -0.4 is 10.0 Å². The molecular formula is C13H20N2O5S. The number of hydrogen-bond acceptors (Lipinski definition) is 5. The zero-order chi connectivity index (χ0) is 15.9. The van der Waals surface area contributed by atoms with Crippen LogP contribution >= 0.6 is 0 Å². The van der Waals surface area contributed by atoms with Gasteiger partial charge in [0, 0.05) is 24.7 Å². The minimum absolute atomic E-state index is 0.0673. The van der Waals surface area contributed by atoms with Crippen LogP contribution in [0.1, 0.15) is 30.1 Å². The SMILES string of the molecule is CCCCS(=O)(=O)NCCNC(=O)c1cc(O)cc(O)c1. The van der Waals surface area contributed by atoms with Crippen LogP contribution in [0.3, 0.4) is 0 Å². The molecule has 0 aliphatic rings. The molecular weight excluding hydrogens is 296 g/mol. The Morgan fingerprint density at radius 2 is 1.76 bits per heavy atom. The summed E-state index contributed by atoms with van der Waals surface area (Å²) in [4.78, 5) is 11.7. The van der Waals surface area contributed by atoms with Crippen molar-refractivity contribution in [3.05, 3.63) is 23.8 Å². The predicted octanol–water partition coefficient (Wildman–Crippen LogP) is 0.547. The summed E-state index contributed by atoms with van der Waals surface area (Å²) in [6.07, 6.45) is 1.38. The van der Waals surface area contributed by atoms with E-state index >= 15 is 0 Å². The third-order valence-corrected chi connectivity index (χ3v) is 4.13. The third kappa shape index (κ3) is 6.46. The molecule has 0 aliphatic heterocycles. The standard InChI is InChI=1S/C13H20N2O5S/c1-2-3-6-21(19,20)15-5-4-14-13(18)10-7-11(16)9-12(17)8-10/h7-9,15-17H,2-6H2,1H3,(H,14,18). The predicted molar refractivity (Wildman–Crippen MR) is 78.8 cm³/mol. The molecule has 8 heteroatoms. The van der Waals surface area contributed by atoms with Crippen LogP contribution in [0.4, 0.5) is 0 Å². The summed E-state index contributed by atoms with van der Waals surface area (Å²) in [6.45, 7) is 2.10. The molecule has 1 amide bonds. The molecule has 0 spiro atoms. The highest BCUT2D eigenvalue weighted by molar-refractivity contribution is 7.89.